The first kappa shape index (κ1) is 13.9. The third-order valence-corrected chi connectivity index (χ3v) is 5.26. The van der Waals surface area contributed by atoms with Crippen LogP contribution in [0.4, 0.5) is 0 Å². The molecule has 1 aliphatic heterocycles. The fraction of sp³-hybridized carbons (Fsp3) is 1.00. The summed E-state index contributed by atoms with van der Waals surface area (Å²) < 4.78 is 29.5. The summed E-state index contributed by atoms with van der Waals surface area (Å²) in [6.45, 7) is 5.84. The number of ether oxygens (including phenoxy) is 1. The molecular formula is C11H23NO3S. The van der Waals surface area contributed by atoms with Gasteiger partial charge in [0, 0.05) is 12.6 Å². The predicted octanol–water partition coefficient (Wildman–Crippen LogP) is 0.968. The molecule has 1 rings (SSSR count). The number of nitrogens with one attached hydrogen (secondary N) is 1. The number of sulfone groups is 1. The molecular weight excluding hydrogens is 226 g/mol. The van der Waals surface area contributed by atoms with Crippen molar-refractivity contribution >= 4 is 9.84 Å². The van der Waals surface area contributed by atoms with Gasteiger partial charge in [-0.2, -0.15) is 0 Å². The molecule has 0 radical (unpaired) electrons. The van der Waals surface area contributed by atoms with Crippen LogP contribution in [0.1, 0.15) is 33.1 Å². The minimum Gasteiger partial charge on any atom is -0.380 e. The Morgan fingerprint density at radius 1 is 1.38 bits per heavy atom. The van der Waals surface area contributed by atoms with Gasteiger partial charge in [0.1, 0.15) is 0 Å². The van der Waals surface area contributed by atoms with Crippen LogP contribution >= 0.6 is 0 Å². The molecule has 2 unspecified atom stereocenters. The van der Waals surface area contributed by atoms with Gasteiger partial charge in [-0.3, -0.25) is 0 Å². The number of unbranched alkanes of at least 4 members (excludes halogenated alkanes) is 1. The second-order valence-electron chi connectivity index (χ2n) is 4.29. The van der Waals surface area contributed by atoms with Crippen LogP contribution in [0.5, 0.6) is 0 Å². The van der Waals surface area contributed by atoms with Crippen LogP contribution in [-0.4, -0.2) is 45.2 Å². The van der Waals surface area contributed by atoms with Crippen LogP contribution in [0.2, 0.25) is 0 Å². The first-order chi connectivity index (χ1) is 7.61. The third kappa shape index (κ3) is 3.71. The van der Waals surface area contributed by atoms with Gasteiger partial charge in [0.25, 0.3) is 0 Å². The quantitative estimate of drug-likeness (QED) is 0.762. The van der Waals surface area contributed by atoms with Gasteiger partial charge in [-0.1, -0.05) is 20.3 Å². The van der Waals surface area contributed by atoms with Crippen LogP contribution in [0.25, 0.3) is 0 Å². The van der Waals surface area contributed by atoms with Crippen LogP contribution < -0.4 is 5.32 Å². The average molecular weight is 249 g/mol. The molecule has 0 spiro atoms. The Morgan fingerprint density at radius 3 is 2.75 bits per heavy atom. The van der Waals surface area contributed by atoms with E-state index in [4.69, 9.17) is 4.74 Å². The SMILES string of the molecule is CCCCS(=O)(=O)C1COCCC1NCC. The highest BCUT2D eigenvalue weighted by molar-refractivity contribution is 7.92. The molecule has 0 bridgehead atoms. The first-order valence-electron chi connectivity index (χ1n) is 6.14. The highest BCUT2D eigenvalue weighted by atomic mass is 32.2. The lowest BCUT2D eigenvalue weighted by atomic mass is 10.1. The summed E-state index contributed by atoms with van der Waals surface area (Å²) in [4.78, 5) is 0. The largest absolute Gasteiger partial charge is 0.380 e. The fourth-order valence-electron chi connectivity index (χ4n) is 2.06. The molecule has 5 heteroatoms. The molecule has 1 aliphatic rings. The lowest BCUT2D eigenvalue weighted by Gasteiger charge is -2.31. The molecule has 0 aromatic heterocycles. The van der Waals surface area contributed by atoms with Gasteiger partial charge >= 0.3 is 0 Å². The van der Waals surface area contributed by atoms with Crippen LogP contribution in [-0.2, 0) is 14.6 Å². The zero-order valence-corrected chi connectivity index (χ0v) is 11.1. The maximum Gasteiger partial charge on any atom is 0.156 e. The van der Waals surface area contributed by atoms with E-state index in [0.29, 0.717) is 19.0 Å². The molecule has 0 aliphatic carbocycles. The topological polar surface area (TPSA) is 55.4 Å². The van der Waals surface area contributed by atoms with Gasteiger partial charge in [-0.15, -0.1) is 0 Å². The van der Waals surface area contributed by atoms with Crippen LogP contribution in [0.15, 0.2) is 0 Å². The third-order valence-electron chi connectivity index (χ3n) is 3.01. The Labute approximate surface area is 98.7 Å². The molecule has 0 aromatic carbocycles. The second-order valence-corrected chi connectivity index (χ2v) is 6.63. The summed E-state index contributed by atoms with van der Waals surface area (Å²) in [5.41, 5.74) is 0. The van der Waals surface area contributed by atoms with Crippen molar-refractivity contribution < 1.29 is 13.2 Å². The monoisotopic (exact) mass is 249 g/mol. The maximum absolute atomic E-state index is 12.1. The van der Waals surface area contributed by atoms with Crippen molar-refractivity contribution in [1.29, 1.82) is 0 Å². The van der Waals surface area contributed by atoms with Crippen molar-refractivity contribution in [2.75, 3.05) is 25.5 Å². The van der Waals surface area contributed by atoms with E-state index in [2.05, 4.69) is 5.32 Å². The molecule has 16 heavy (non-hydrogen) atoms. The molecule has 0 saturated carbocycles. The highest BCUT2D eigenvalue weighted by Gasteiger charge is 2.35. The van der Waals surface area contributed by atoms with Crippen molar-refractivity contribution in [3.8, 4) is 0 Å². The van der Waals surface area contributed by atoms with Crippen molar-refractivity contribution in [3.05, 3.63) is 0 Å². The van der Waals surface area contributed by atoms with E-state index in [-0.39, 0.29) is 11.3 Å². The van der Waals surface area contributed by atoms with Crippen molar-refractivity contribution in [3.63, 3.8) is 0 Å². The summed E-state index contributed by atoms with van der Waals surface area (Å²) in [5, 5.41) is 2.90. The van der Waals surface area contributed by atoms with Gasteiger partial charge in [0.05, 0.1) is 17.6 Å². The van der Waals surface area contributed by atoms with E-state index in [9.17, 15) is 8.42 Å². The van der Waals surface area contributed by atoms with E-state index in [1.165, 1.54) is 0 Å². The lowest BCUT2D eigenvalue weighted by Crippen LogP contribution is -2.50. The molecule has 0 aromatic rings. The second kappa shape index (κ2) is 6.57. The summed E-state index contributed by atoms with van der Waals surface area (Å²) in [6.07, 6.45) is 2.46. The van der Waals surface area contributed by atoms with Gasteiger partial charge in [-0.25, -0.2) is 8.42 Å². The summed E-state index contributed by atoms with van der Waals surface area (Å²) >= 11 is 0. The summed E-state index contributed by atoms with van der Waals surface area (Å²) in [7, 11) is -3.00. The minimum atomic E-state index is -3.00. The molecule has 1 heterocycles. The van der Waals surface area contributed by atoms with Gasteiger partial charge in [-0.05, 0) is 19.4 Å². The molecule has 1 fully saturated rings. The molecule has 1 saturated heterocycles. The Balaban J connectivity index is 2.66. The number of hydrogen-bond acceptors (Lipinski definition) is 4. The Morgan fingerprint density at radius 2 is 2.12 bits per heavy atom. The smallest absolute Gasteiger partial charge is 0.156 e. The highest BCUT2D eigenvalue weighted by Crippen LogP contribution is 2.17. The standard InChI is InChI=1S/C11H23NO3S/c1-3-5-8-16(13,14)11-9-15-7-6-10(11)12-4-2/h10-12H,3-9H2,1-2H3. The Hall–Kier alpha value is -0.130. The normalized spacial score (nSPS) is 26.9. The molecule has 4 nitrogen and oxygen atoms in total. The number of hydrogen-bond donors (Lipinski definition) is 1. The molecule has 0 amide bonds. The van der Waals surface area contributed by atoms with Crippen LogP contribution in [0.3, 0.4) is 0 Å². The van der Waals surface area contributed by atoms with E-state index in [1.54, 1.807) is 0 Å². The molecule has 2 atom stereocenters. The molecule has 96 valence electrons. The van der Waals surface area contributed by atoms with Crippen LogP contribution in [0, 0.1) is 0 Å². The van der Waals surface area contributed by atoms with Crippen molar-refractivity contribution in [2.24, 2.45) is 0 Å². The minimum absolute atomic E-state index is 0.0700. The van der Waals surface area contributed by atoms with E-state index < -0.39 is 9.84 Å². The fourth-order valence-corrected chi connectivity index (χ4v) is 4.09. The van der Waals surface area contributed by atoms with E-state index >= 15 is 0 Å². The van der Waals surface area contributed by atoms with Gasteiger partial charge in [0.2, 0.25) is 0 Å². The maximum atomic E-state index is 12.1. The Kier molecular flexibility index (Phi) is 5.72. The Bertz CT molecular complexity index is 288. The van der Waals surface area contributed by atoms with Crippen molar-refractivity contribution in [1.82, 2.24) is 5.32 Å². The van der Waals surface area contributed by atoms with Gasteiger partial charge in [0.15, 0.2) is 9.84 Å². The van der Waals surface area contributed by atoms with Crippen molar-refractivity contribution in [2.45, 2.75) is 44.4 Å². The molecule has 1 N–H and O–H groups in total. The van der Waals surface area contributed by atoms with Gasteiger partial charge < -0.3 is 10.1 Å². The zero-order chi connectivity index (χ0) is 12.0. The lowest BCUT2D eigenvalue weighted by molar-refractivity contribution is 0.0812. The van der Waals surface area contributed by atoms with E-state index in [1.807, 2.05) is 13.8 Å². The summed E-state index contributed by atoms with van der Waals surface area (Å²) in [6, 6.07) is 0.0700. The number of rotatable bonds is 6. The summed E-state index contributed by atoms with van der Waals surface area (Å²) in [5.74, 6) is 0.291. The zero-order valence-electron chi connectivity index (χ0n) is 10.2. The average Bonchev–Trinajstić information content (AvgIpc) is 2.27. The predicted molar refractivity (Wildman–Crippen MR) is 65.4 cm³/mol. The van der Waals surface area contributed by atoms with E-state index in [0.717, 1.165) is 25.8 Å². The first-order valence-corrected chi connectivity index (χ1v) is 7.86.